The van der Waals surface area contributed by atoms with Gasteiger partial charge in [0.05, 0.1) is 6.10 Å². The van der Waals surface area contributed by atoms with E-state index in [-0.39, 0.29) is 12.1 Å². The summed E-state index contributed by atoms with van der Waals surface area (Å²) < 4.78 is 5.46. The molecule has 3 heteroatoms. The number of carbonyl (C=O) groups is 1. The molecule has 0 aliphatic carbocycles. The number of unbranched alkanes of at least 4 members (excludes halogenated alkanes) is 3. The van der Waals surface area contributed by atoms with Gasteiger partial charge in [0, 0.05) is 6.42 Å². The first-order chi connectivity index (χ1) is 9.22. The molecule has 19 heavy (non-hydrogen) atoms. The number of piperidine rings is 1. The summed E-state index contributed by atoms with van der Waals surface area (Å²) in [5.41, 5.74) is 0. The molecule has 0 aromatic rings. The second-order valence-electron chi connectivity index (χ2n) is 5.90. The van der Waals surface area contributed by atoms with Crippen LogP contribution in [0.15, 0.2) is 0 Å². The highest BCUT2D eigenvalue weighted by Gasteiger charge is 2.16. The maximum Gasteiger partial charge on any atom is 0.306 e. The molecule has 0 saturated carbocycles. The van der Waals surface area contributed by atoms with Crippen molar-refractivity contribution in [3.8, 4) is 0 Å². The van der Waals surface area contributed by atoms with Gasteiger partial charge in [-0.1, -0.05) is 26.2 Å². The lowest BCUT2D eigenvalue weighted by Crippen LogP contribution is -2.30. The Morgan fingerprint density at radius 3 is 2.89 bits per heavy atom. The van der Waals surface area contributed by atoms with E-state index in [9.17, 15) is 4.79 Å². The molecular weight excluding hydrogens is 238 g/mol. The van der Waals surface area contributed by atoms with Crippen molar-refractivity contribution in [3.63, 3.8) is 0 Å². The van der Waals surface area contributed by atoms with Gasteiger partial charge in [0.15, 0.2) is 0 Å². The fourth-order valence-corrected chi connectivity index (χ4v) is 2.69. The van der Waals surface area contributed by atoms with E-state index in [4.69, 9.17) is 4.74 Å². The van der Waals surface area contributed by atoms with Crippen LogP contribution in [0.3, 0.4) is 0 Å². The van der Waals surface area contributed by atoms with Crippen molar-refractivity contribution in [3.05, 3.63) is 0 Å². The Morgan fingerprint density at radius 1 is 1.37 bits per heavy atom. The normalized spacial score (nSPS) is 21.1. The molecule has 1 saturated heterocycles. The maximum atomic E-state index is 11.7. The molecule has 0 aromatic carbocycles. The second kappa shape index (κ2) is 10.2. The van der Waals surface area contributed by atoms with Gasteiger partial charge in [0.2, 0.25) is 0 Å². The van der Waals surface area contributed by atoms with Gasteiger partial charge in [-0.25, -0.2) is 0 Å². The largest absolute Gasteiger partial charge is 0.463 e. The van der Waals surface area contributed by atoms with Gasteiger partial charge >= 0.3 is 5.97 Å². The number of hydrogen-bond acceptors (Lipinski definition) is 3. The second-order valence-corrected chi connectivity index (χ2v) is 5.90. The predicted molar refractivity (Wildman–Crippen MR) is 79.1 cm³/mol. The van der Waals surface area contributed by atoms with E-state index in [1.807, 2.05) is 6.92 Å². The van der Waals surface area contributed by atoms with Gasteiger partial charge < -0.3 is 10.1 Å². The van der Waals surface area contributed by atoms with Gasteiger partial charge in [-0.15, -0.1) is 0 Å². The van der Waals surface area contributed by atoms with Crippen molar-refractivity contribution >= 4 is 5.97 Å². The van der Waals surface area contributed by atoms with E-state index < -0.39 is 0 Å². The number of esters is 1. The van der Waals surface area contributed by atoms with Gasteiger partial charge in [-0.2, -0.15) is 0 Å². The Labute approximate surface area is 118 Å². The SMILES string of the molecule is CCCCCCC(C)OC(=O)CCC1CCCNC1. The van der Waals surface area contributed by atoms with E-state index in [2.05, 4.69) is 12.2 Å². The number of rotatable bonds is 9. The first-order valence-corrected chi connectivity index (χ1v) is 8.12. The molecule has 112 valence electrons. The standard InChI is InChI=1S/C16H31NO2/c1-3-4-5-6-8-14(2)19-16(18)11-10-15-9-7-12-17-13-15/h14-15,17H,3-13H2,1-2H3. The lowest BCUT2D eigenvalue weighted by molar-refractivity contribution is -0.148. The lowest BCUT2D eigenvalue weighted by atomic mass is 9.95. The van der Waals surface area contributed by atoms with Crippen LogP contribution < -0.4 is 5.32 Å². The molecule has 1 rings (SSSR count). The average molecular weight is 269 g/mol. The van der Waals surface area contributed by atoms with E-state index in [1.165, 1.54) is 38.5 Å². The van der Waals surface area contributed by atoms with E-state index in [1.54, 1.807) is 0 Å². The van der Waals surface area contributed by atoms with Crippen LogP contribution in [0.5, 0.6) is 0 Å². The van der Waals surface area contributed by atoms with Crippen LogP contribution in [0.2, 0.25) is 0 Å². The Morgan fingerprint density at radius 2 is 2.21 bits per heavy atom. The zero-order valence-corrected chi connectivity index (χ0v) is 12.7. The van der Waals surface area contributed by atoms with Gasteiger partial charge in [0.1, 0.15) is 0 Å². The summed E-state index contributed by atoms with van der Waals surface area (Å²) >= 11 is 0. The van der Waals surface area contributed by atoms with Crippen LogP contribution in [0.4, 0.5) is 0 Å². The molecule has 0 bridgehead atoms. The minimum absolute atomic E-state index is 0.00596. The minimum Gasteiger partial charge on any atom is -0.463 e. The average Bonchev–Trinajstić information content (AvgIpc) is 2.42. The Balaban J connectivity index is 2.02. The summed E-state index contributed by atoms with van der Waals surface area (Å²) in [6.45, 7) is 6.44. The minimum atomic E-state index is -0.00596. The molecular formula is C16H31NO2. The smallest absolute Gasteiger partial charge is 0.306 e. The Bertz CT molecular complexity index is 237. The molecule has 2 unspecified atom stereocenters. The molecule has 1 N–H and O–H groups in total. The molecule has 0 amide bonds. The summed E-state index contributed by atoms with van der Waals surface area (Å²) in [5.74, 6) is 0.662. The first-order valence-electron chi connectivity index (χ1n) is 8.12. The highest BCUT2D eigenvalue weighted by atomic mass is 16.5. The molecule has 0 radical (unpaired) electrons. The van der Waals surface area contributed by atoms with Crippen LogP contribution in [0, 0.1) is 5.92 Å². The quantitative estimate of drug-likeness (QED) is 0.513. The van der Waals surface area contributed by atoms with Crippen molar-refractivity contribution in [2.75, 3.05) is 13.1 Å². The summed E-state index contributed by atoms with van der Waals surface area (Å²) in [6, 6.07) is 0. The topological polar surface area (TPSA) is 38.3 Å². The van der Waals surface area contributed by atoms with Crippen molar-refractivity contribution in [2.45, 2.75) is 77.7 Å². The third kappa shape index (κ3) is 8.25. The summed E-state index contributed by atoms with van der Waals surface area (Å²) in [7, 11) is 0. The first kappa shape index (κ1) is 16.5. The molecule has 1 aliphatic rings. The van der Waals surface area contributed by atoms with Crippen LogP contribution in [-0.2, 0) is 9.53 Å². The van der Waals surface area contributed by atoms with Crippen molar-refractivity contribution in [2.24, 2.45) is 5.92 Å². The Hall–Kier alpha value is -0.570. The molecule has 2 atom stereocenters. The predicted octanol–water partition coefficient (Wildman–Crippen LogP) is 3.67. The Kier molecular flexibility index (Phi) is 8.89. The maximum absolute atomic E-state index is 11.7. The number of ether oxygens (including phenoxy) is 1. The summed E-state index contributed by atoms with van der Waals surface area (Å²) in [6.07, 6.45) is 10.1. The van der Waals surface area contributed by atoms with Crippen LogP contribution >= 0.6 is 0 Å². The fraction of sp³-hybridized carbons (Fsp3) is 0.938. The third-order valence-corrected chi connectivity index (χ3v) is 3.95. The van der Waals surface area contributed by atoms with Crippen molar-refractivity contribution in [1.82, 2.24) is 5.32 Å². The number of nitrogens with one attached hydrogen (secondary N) is 1. The molecule has 1 fully saturated rings. The van der Waals surface area contributed by atoms with Gasteiger partial charge in [0.25, 0.3) is 0 Å². The molecule has 0 spiro atoms. The fourth-order valence-electron chi connectivity index (χ4n) is 2.69. The lowest BCUT2D eigenvalue weighted by Gasteiger charge is -2.22. The highest BCUT2D eigenvalue weighted by molar-refractivity contribution is 5.69. The molecule has 0 aromatic heterocycles. The van der Waals surface area contributed by atoms with Gasteiger partial charge in [-0.05, 0) is 58.0 Å². The van der Waals surface area contributed by atoms with E-state index in [0.29, 0.717) is 12.3 Å². The van der Waals surface area contributed by atoms with Crippen LogP contribution in [0.1, 0.15) is 71.6 Å². The van der Waals surface area contributed by atoms with E-state index in [0.717, 1.165) is 25.9 Å². The highest BCUT2D eigenvalue weighted by Crippen LogP contribution is 2.17. The zero-order valence-electron chi connectivity index (χ0n) is 12.7. The van der Waals surface area contributed by atoms with E-state index >= 15 is 0 Å². The number of carbonyl (C=O) groups excluding carboxylic acids is 1. The monoisotopic (exact) mass is 269 g/mol. The molecule has 1 aliphatic heterocycles. The van der Waals surface area contributed by atoms with Gasteiger partial charge in [-0.3, -0.25) is 4.79 Å². The third-order valence-electron chi connectivity index (χ3n) is 3.95. The molecule has 3 nitrogen and oxygen atoms in total. The summed E-state index contributed by atoms with van der Waals surface area (Å²) in [5, 5.41) is 3.39. The zero-order chi connectivity index (χ0) is 13.9. The van der Waals surface area contributed by atoms with Crippen molar-refractivity contribution in [1.29, 1.82) is 0 Å². The summed E-state index contributed by atoms with van der Waals surface area (Å²) in [4.78, 5) is 11.7. The molecule has 1 heterocycles. The number of hydrogen-bond donors (Lipinski definition) is 1. The van der Waals surface area contributed by atoms with Crippen LogP contribution in [-0.4, -0.2) is 25.2 Å². The van der Waals surface area contributed by atoms with Crippen LogP contribution in [0.25, 0.3) is 0 Å². The van der Waals surface area contributed by atoms with Crippen molar-refractivity contribution < 1.29 is 9.53 Å².